The summed E-state index contributed by atoms with van der Waals surface area (Å²) < 4.78 is 35.6. The number of carbonyl (C=O) groups excluding carboxylic acids is 1. The van der Waals surface area contributed by atoms with Gasteiger partial charge in [-0.2, -0.15) is 18.4 Å². The molecule has 0 radical (unpaired) electrons. The normalized spacial score (nSPS) is 11.5. The molecule has 0 aliphatic heterocycles. The van der Waals surface area contributed by atoms with E-state index in [1.807, 2.05) is 0 Å². The van der Waals surface area contributed by atoms with Crippen LogP contribution in [0.4, 0.5) is 5.69 Å². The van der Waals surface area contributed by atoms with Gasteiger partial charge in [0.2, 0.25) is 5.91 Å². The lowest BCUT2D eigenvalue weighted by Gasteiger charge is -2.11. The Hall–Kier alpha value is -3.60. The highest BCUT2D eigenvalue weighted by atomic mass is 32.2. The molecular weight excluding hydrogens is 438 g/mol. The molecule has 2 aromatic carbocycles. The summed E-state index contributed by atoms with van der Waals surface area (Å²) in [7, 11) is -1.20. The summed E-state index contributed by atoms with van der Waals surface area (Å²) in [6, 6.07) is 11.0. The molecule has 32 heavy (non-hydrogen) atoms. The third-order valence-electron chi connectivity index (χ3n) is 4.35. The van der Waals surface area contributed by atoms with Crippen molar-refractivity contribution < 1.29 is 32.6 Å². The minimum Gasteiger partial charge on any atom is -0.497 e. The summed E-state index contributed by atoms with van der Waals surface area (Å²) in [6.45, 7) is 1.61. The molecule has 0 aliphatic carbocycles. The van der Waals surface area contributed by atoms with Crippen LogP contribution in [0.3, 0.4) is 0 Å². The van der Waals surface area contributed by atoms with Crippen molar-refractivity contribution in [3.05, 3.63) is 48.0 Å². The second-order valence-electron chi connectivity index (χ2n) is 6.68. The van der Waals surface area contributed by atoms with Crippen molar-refractivity contribution in [1.82, 2.24) is 4.83 Å². The van der Waals surface area contributed by atoms with Gasteiger partial charge >= 0.3 is 5.97 Å². The van der Waals surface area contributed by atoms with Crippen LogP contribution in [0.25, 0.3) is 0 Å². The maximum atomic E-state index is 12.7. The van der Waals surface area contributed by atoms with Gasteiger partial charge in [0.05, 0.1) is 19.9 Å². The van der Waals surface area contributed by atoms with E-state index in [9.17, 15) is 18.0 Å². The number of carboxylic acid groups (broad SMARTS) is 1. The molecule has 0 aliphatic rings. The Bertz CT molecular complexity index is 1110. The number of sulfonamides is 1. The zero-order chi connectivity index (χ0) is 23.7. The zero-order valence-electron chi connectivity index (χ0n) is 17.9. The Morgan fingerprint density at radius 1 is 1.06 bits per heavy atom. The van der Waals surface area contributed by atoms with Crippen LogP contribution in [-0.2, 0) is 19.6 Å². The quantitative estimate of drug-likeness (QED) is 0.343. The number of rotatable bonds is 11. The minimum absolute atomic E-state index is 0.0765. The molecule has 0 saturated carbocycles. The van der Waals surface area contributed by atoms with Crippen LogP contribution in [-0.4, -0.2) is 45.3 Å². The van der Waals surface area contributed by atoms with Crippen molar-refractivity contribution in [3.63, 3.8) is 0 Å². The molecule has 2 aromatic rings. The molecule has 10 nitrogen and oxygen atoms in total. The number of aliphatic carboxylic acids is 1. The molecule has 0 unspecified atom stereocenters. The largest absolute Gasteiger partial charge is 0.497 e. The first-order valence-electron chi connectivity index (χ1n) is 9.56. The molecule has 0 saturated heterocycles. The Balaban J connectivity index is 2.12. The number of hydrogen-bond donors (Lipinski definition) is 3. The molecule has 2 rings (SSSR count). The fourth-order valence-corrected chi connectivity index (χ4v) is 3.69. The molecule has 3 N–H and O–H groups in total. The van der Waals surface area contributed by atoms with Gasteiger partial charge in [0, 0.05) is 24.6 Å². The molecule has 1 amide bonds. The third kappa shape index (κ3) is 6.98. The van der Waals surface area contributed by atoms with Gasteiger partial charge in [-0.3, -0.25) is 9.59 Å². The number of methoxy groups -OCH3 is 2. The summed E-state index contributed by atoms with van der Waals surface area (Å²) in [5.41, 5.74) is 1.43. The first kappa shape index (κ1) is 24.7. The summed E-state index contributed by atoms with van der Waals surface area (Å²) >= 11 is 0. The highest BCUT2D eigenvalue weighted by molar-refractivity contribution is 7.89. The van der Waals surface area contributed by atoms with E-state index in [0.29, 0.717) is 22.7 Å². The number of carbonyl (C=O) groups is 2. The number of benzene rings is 2. The molecule has 0 aromatic heterocycles. The number of anilines is 1. The van der Waals surface area contributed by atoms with Crippen LogP contribution in [0.2, 0.25) is 0 Å². The van der Waals surface area contributed by atoms with E-state index in [0.717, 1.165) is 0 Å². The summed E-state index contributed by atoms with van der Waals surface area (Å²) in [4.78, 5) is 24.6. The van der Waals surface area contributed by atoms with Gasteiger partial charge in [-0.1, -0.05) is 12.1 Å². The van der Waals surface area contributed by atoms with Crippen LogP contribution in [0, 0.1) is 0 Å². The van der Waals surface area contributed by atoms with Crippen LogP contribution in [0.5, 0.6) is 11.5 Å². The number of nitrogens with zero attached hydrogens (tertiary/aromatic N) is 1. The number of carboxylic acids is 1. The highest BCUT2D eigenvalue weighted by Crippen LogP contribution is 2.28. The number of hydrogen-bond acceptors (Lipinski definition) is 7. The summed E-state index contributed by atoms with van der Waals surface area (Å²) in [5, 5.41) is 15.3. The lowest BCUT2D eigenvalue weighted by atomic mass is 10.1. The number of amides is 1. The first-order chi connectivity index (χ1) is 15.2. The summed E-state index contributed by atoms with van der Waals surface area (Å²) in [6.07, 6.45) is 0.226. The summed E-state index contributed by atoms with van der Waals surface area (Å²) in [5.74, 6) is -0.716. The van der Waals surface area contributed by atoms with Crippen LogP contribution in [0.1, 0.15) is 31.7 Å². The number of hydrazone groups is 1. The van der Waals surface area contributed by atoms with Crippen molar-refractivity contribution in [2.45, 2.75) is 31.1 Å². The smallest absolute Gasteiger partial charge is 0.303 e. The molecule has 0 spiro atoms. The average Bonchev–Trinajstić information content (AvgIpc) is 2.76. The van der Waals surface area contributed by atoms with Gasteiger partial charge < -0.3 is 19.9 Å². The first-order valence-corrected chi connectivity index (χ1v) is 11.0. The maximum Gasteiger partial charge on any atom is 0.303 e. The van der Waals surface area contributed by atoms with Crippen molar-refractivity contribution >= 4 is 33.3 Å². The Morgan fingerprint density at radius 2 is 1.81 bits per heavy atom. The van der Waals surface area contributed by atoms with E-state index >= 15 is 0 Å². The molecule has 0 bridgehead atoms. The fraction of sp³-hybridized carbons (Fsp3) is 0.286. The Kier molecular flexibility index (Phi) is 8.59. The van der Waals surface area contributed by atoms with Gasteiger partial charge in [0.1, 0.15) is 16.4 Å². The molecule has 0 fully saturated rings. The van der Waals surface area contributed by atoms with E-state index in [-0.39, 0.29) is 35.8 Å². The molecule has 0 heterocycles. The van der Waals surface area contributed by atoms with Crippen LogP contribution < -0.4 is 19.6 Å². The van der Waals surface area contributed by atoms with E-state index in [1.165, 1.54) is 32.4 Å². The van der Waals surface area contributed by atoms with Gasteiger partial charge in [0.15, 0.2) is 0 Å². The van der Waals surface area contributed by atoms with Gasteiger partial charge in [-0.05, 0) is 43.2 Å². The predicted octanol–water partition coefficient (Wildman–Crippen LogP) is 2.60. The second-order valence-corrected chi connectivity index (χ2v) is 8.31. The topological polar surface area (TPSA) is 143 Å². The highest BCUT2D eigenvalue weighted by Gasteiger charge is 2.20. The molecule has 0 atom stereocenters. The monoisotopic (exact) mass is 463 g/mol. The Labute approximate surface area is 186 Å². The van der Waals surface area contributed by atoms with E-state index in [2.05, 4.69) is 15.2 Å². The van der Waals surface area contributed by atoms with Gasteiger partial charge in [-0.25, -0.2) is 0 Å². The van der Waals surface area contributed by atoms with E-state index < -0.39 is 16.0 Å². The van der Waals surface area contributed by atoms with Crippen LogP contribution in [0.15, 0.2) is 52.5 Å². The second kappa shape index (κ2) is 11.1. The lowest BCUT2D eigenvalue weighted by molar-refractivity contribution is -0.137. The maximum absolute atomic E-state index is 12.7. The van der Waals surface area contributed by atoms with E-state index in [1.54, 1.807) is 31.2 Å². The minimum atomic E-state index is -4.01. The van der Waals surface area contributed by atoms with Gasteiger partial charge in [0.25, 0.3) is 10.0 Å². The van der Waals surface area contributed by atoms with Crippen molar-refractivity contribution in [2.75, 3.05) is 19.5 Å². The molecular formula is C21H25N3O7S. The standard InChI is InChI=1S/C21H25N3O7S/c1-14(15-6-4-7-16(12-15)22-20(25)8-5-9-21(26)27)23-24-32(28,29)19-11-10-17(30-2)13-18(19)31-3/h4,6-7,10-13,24H,5,8-9H2,1-3H3,(H,22,25)(H,26,27). The van der Waals surface area contributed by atoms with Gasteiger partial charge in [-0.15, -0.1) is 0 Å². The molecule has 11 heteroatoms. The van der Waals surface area contributed by atoms with Crippen molar-refractivity contribution in [3.8, 4) is 11.5 Å². The van der Waals surface area contributed by atoms with Crippen LogP contribution >= 0.6 is 0 Å². The van der Waals surface area contributed by atoms with E-state index in [4.69, 9.17) is 14.6 Å². The number of nitrogens with one attached hydrogen (secondary N) is 2. The van der Waals surface area contributed by atoms with Crippen molar-refractivity contribution in [2.24, 2.45) is 5.10 Å². The lowest BCUT2D eigenvalue weighted by Crippen LogP contribution is -2.20. The zero-order valence-corrected chi connectivity index (χ0v) is 18.7. The fourth-order valence-electron chi connectivity index (χ4n) is 2.68. The third-order valence-corrected chi connectivity index (χ3v) is 5.60. The average molecular weight is 464 g/mol. The Morgan fingerprint density at radius 3 is 2.47 bits per heavy atom. The van der Waals surface area contributed by atoms with Crippen molar-refractivity contribution in [1.29, 1.82) is 0 Å². The predicted molar refractivity (Wildman–Crippen MR) is 119 cm³/mol. The number of ether oxygens (including phenoxy) is 2. The SMILES string of the molecule is COc1ccc(S(=O)(=O)NN=C(C)c2cccc(NC(=O)CCCC(=O)O)c2)c(OC)c1. The molecule has 172 valence electrons.